The average Bonchev–Trinajstić information content (AvgIpc) is 3.30. The zero-order valence-electron chi connectivity index (χ0n) is 18.5. The summed E-state index contributed by atoms with van der Waals surface area (Å²) < 4.78 is 40.1. The molecule has 4 aromatic rings. The van der Waals surface area contributed by atoms with Gasteiger partial charge in [0.05, 0.1) is 16.1 Å². The highest BCUT2D eigenvalue weighted by atomic mass is 79.9. The van der Waals surface area contributed by atoms with E-state index in [2.05, 4.69) is 36.2 Å². The van der Waals surface area contributed by atoms with E-state index < -0.39 is 17.3 Å². The van der Waals surface area contributed by atoms with E-state index >= 15 is 0 Å². The summed E-state index contributed by atoms with van der Waals surface area (Å²) in [7, 11) is 0. The van der Waals surface area contributed by atoms with Gasteiger partial charge in [-0.3, -0.25) is 0 Å². The van der Waals surface area contributed by atoms with Crippen molar-refractivity contribution < 1.29 is 18.3 Å². The number of aliphatic hydroxyl groups is 1. The number of fused-ring (bicyclic) bond motifs is 1. The van der Waals surface area contributed by atoms with Crippen LogP contribution in [0.2, 0.25) is 0 Å². The smallest absolute Gasteiger partial charge is 0.378 e. The summed E-state index contributed by atoms with van der Waals surface area (Å²) in [5, 5.41) is 15.1. The van der Waals surface area contributed by atoms with Gasteiger partial charge in [0.15, 0.2) is 0 Å². The second-order valence-corrected chi connectivity index (χ2v) is 10.5. The number of halogens is 4. The molecule has 1 aromatic carbocycles. The van der Waals surface area contributed by atoms with Crippen LogP contribution in [0.1, 0.15) is 40.1 Å². The molecule has 3 aromatic heterocycles. The van der Waals surface area contributed by atoms with E-state index in [9.17, 15) is 18.3 Å². The second kappa shape index (κ2) is 9.00. The Hall–Kier alpha value is -2.82. The zero-order valence-corrected chi connectivity index (χ0v) is 20.9. The lowest BCUT2D eigenvalue weighted by molar-refractivity contribution is -0.137. The van der Waals surface area contributed by atoms with Gasteiger partial charge in [-0.25, -0.2) is 15.0 Å². The SMILES string of the molecule is Cc1cc(Nc2cc(C(F)(F)F)ccn2)nc(-c2cnc([C@]3(O)CCCc4cc(Br)ccc43)s2)c1. The lowest BCUT2D eigenvalue weighted by atomic mass is 9.79. The van der Waals surface area contributed by atoms with Crippen LogP contribution in [0.15, 0.2) is 59.3 Å². The Bertz CT molecular complexity index is 1410. The minimum atomic E-state index is -4.46. The van der Waals surface area contributed by atoms with Crippen LogP contribution in [0.4, 0.5) is 24.8 Å². The van der Waals surface area contributed by atoms with Crippen molar-refractivity contribution in [2.24, 2.45) is 0 Å². The lowest BCUT2D eigenvalue weighted by Crippen LogP contribution is -2.31. The van der Waals surface area contributed by atoms with Crippen LogP contribution < -0.4 is 5.32 Å². The fourth-order valence-corrected chi connectivity index (χ4v) is 5.73. The van der Waals surface area contributed by atoms with Gasteiger partial charge in [-0.1, -0.05) is 22.0 Å². The van der Waals surface area contributed by atoms with Gasteiger partial charge in [-0.2, -0.15) is 13.2 Å². The zero-order chi connectivity index (χ0) is 24.8. The van der Waals surface area contributed by atoms with Crippen molar-refractivity contribution >= 4 is 38.9 Å². The van der Waals surface area contributed by atoms with Gasteiger partial charge < -0.3 is 10.4 Å². The van der Waals surface area contributed by atoms with Gasteiger partial charge in [-0.05, 0) is 79.3 Å². The summed E-state index contributed by atoms with van der Waals surface area (Å²) >= 11 is 4.86. The second-order valence-electron chi connectivity index (χ2n) is 8.51. The van der Waals surface area contributed by atoms with Crippen LogP contribution in [-0.2, 0) is 18.2 Å². The number of benzene rings is 1. The van der Waals surface area contributed by atoms with E-state index in [4.69, 9.17) is 0 Å². The fourth-order valence-electron chi connectivity index (χ4n) is 4.31. The number of alkyl halides is 3. The average molecular weight is 561 g/mol. The Morgan fingerprint density at radius 1 is 1.09 bits per heavy atom. The minimum Gasteiger partial charge on any atom is -0.378 e. The summed E-state index contributed by atoms with van der Waals surface area (Å²) in [5.74, 6) is 0.418. The molecule has 10 heteroatoms. The Balaban J connectivity index is 1.46. The molecular formula is C25H20BrF3N4OS. The number of hydrogen-bond acceptors (Lipinski definition) is 6. The van der Waals surface area contributed by atoms with Gasteiger partial charge in [0.1, 0.15) is 22.2 Å². The first kappa shape index (κ1) is 23.9. The highest BCUT2D eigenvalue weighted by Crippen LogP contribution is 2.44. The quantitative estimate of drug-likeness (QED) is 0.281. The van der Waals surface area contributed by atoms with Crippen molar-refractivity contribution in [2.45, 2.75) is 38.0 Å². The Morgan fingerprint density at radius 3 is 2.71 bits per heavy atom. The molecular weight excluding hydrogens is 541 g/mol. The number of rotatable bonds is 4. The largest absolute Gasteiger partial charge is 0.416 e. The summed E-state index contributed by atoms with van der Waals surface area (Å²) in [6, 6.07) is 11.4. The van der Waals surface area contributed by atoms with Crippen LogP contribution >= 0.6 is 27.3 Å². The summed E-state index contributed by atoms with van der Waals surface area (Å²) in [4.78, 5) is 13.9. The third kappa shape index (κ3) is 4.82. The number of aromatic nitrogens is 3. The van der Waals surface area contributed by atoms with Gasteiger partial charge in [-0.15, -0.1) is 11.3 Å². The first-order valence-electron chi connectivity index (χ1n) is 10.9. The number of nitrogens with one attached hydrogen (secondary N) is 1. The van der Waals surface area contributed by atoms with E-state index in [0.29, 0.717) is 22.9 Å². The predicted molar refractivity (Wildman–Crippen MR) is 133 cm³/mol. The predicted octanol–water partition coefficient (Wildman–Crippen LogP) is 7.01. The topological polar surface area (TPSA) is 70.9 Å². The molecule has 5 nitrogen and oxygen atoms in total. The van der Waals surface area contributed by atoms with Crippen LogP contribution in [0.3, 0.4) is 0 Å². The molecule has 0 aliphatic heterocycles. The van der Waals surface area contributed by atoms with E-state index in [-0.39, 0.29) is 5.82 Å². The number of nitrogens with zero attached hydrogens (tertiary/aromatic N) is 3. The molecule has 0 bridgehead atoms. The molecule has 5 rings (SSSR count). The van der Waals surface area contributed by atoms with Crippen molar-refractivity contribution in [1.82, 2.24) is 15.0 Å². The molecule has 35 heavy (non-hydrogen) atoms. The molecule has 1 atom stereocenters. The molecule has 0 saturated heterocycles. The maximum atomic E-state index is 13.1. The molecule has 1 aliphatic carbocycles. The van der Waals surface area contributed by atoms with E-state index in [0.717, 1.165) is 57.2 Å². The van der Waals surface area contributed by atoms with Crippen LogP contribution in [0, 0.1) is 6.92 Å². The number of thiazole rings is 1. The van der Waals surface area contributed by atoms with Crippen LogP contribution in [-0.4, -0.2) is 20.1 Å². The van der Waals surface area contributed by atoms with Crippen molar-refractivity contribution in [3.8, 4) is 10.6 Å². The Labute approximate surface area is 212 Å². The van der Waals surface area contributed by atoms with E-state index in [1.165, 1.54) is 11.3 Å². The highest BCUT2D eigenvalue weighted by Gasteiger charge is 2.39. The molecule has 3 heterocycles. The van der Waals surface area contributed by atoms with Gasteiger partial charge in [0.25, 0.3) is 0 Å². The van der Waals surface area contributed by atoms with Crippen LogP contribution in [0.25, 0.3) is 10.6 Å². The molecule has 0 unspecified atom stereocenters. The lowest BCUT2D eigenvalue weighted by Gasteiger charge is -2.33. The highest BCUT2D eigenvalue weighted by molar-refractivity contribution is 9.10. The molecule has 180 valence electrons. The van der Waals surface area contributed by atoms with Crippen molar-refractivity contribution in [3.05, 3.63) is 86.6 Å². The summed E-state index contributed by atoms with van der Waals surface area (Å²) in [6.45, 7) is 1.88. The number of aryl methyl sites for hydroxylation is 2. The Kier molecular flexibility index (Phi) is 6.14. The van der Waals surface area contributed by atoms with Crippen molar-refractivity contribution in [1.29, 1.82) is 0 Å². The molecule has 2 N–H and O–H groups in total. The molecule has 0 amide bonds. The maximum absolute atomic E-state index is 13.1. The standard InChI is InChI=1S/C25H20BrF3N4OS/c1-14-9-19(32-22(10-14)33-21-12-16(6-8-30-21)25(27,28)29)20-13-31-23(35-20)24(34)7-2-3-15-11-17(26)4-5-18(15)24/h4-6,8-13,34H,2-3,7H2,1H3,(H,30,32,33)/t24-/m0/s1. The first-order chi connectivity index (χ1) is 16.6. The van der Waals surface area contributed by atoms with E-state index in [1.54, 1.807) is 12.3 Å². The number of hydrogen-bond donors (Lipinski definition) is 2. The number of pyridine rings is 2. The molecule has 0 radical (unpaired) electrons. The van der Waals surface area contributed by atoms with Crippen LogP contribution in [0.5, 0.6) is 0 Å². The minimum absolute atomic E-state index is 0.0492. The normalized spacial score (nSPS) is 17.8. The molecule has 1 aliphatic rings. The van der Waals surface area contributed by atoms with Gasteiger partial charge in [0.2, 0.25) is 0 Å². The van der Waals surface area contributed by atoms with E-state index in [1.807, 2.05) is 31.2 Å². The Morgan fingerprint density at radius 2 is 1.91 bits per heavy atom. The molecule has 0 spiro atoms. The van der Waals surface area contributed by atoms with Gasteiger partial charge >= 0.3 is 6.18 Å². The molecule has 0 saturated carbocycles. The maximum Gasteiger partial charge on any atom is 0.416 e. The summed E-state index contributed by atoms with van der Waals surface area (Å²) in [5.41, 5.74) is 1.47. The fraction of sp³-hybridized carbons (Fsp3) is 0.240. The summed E-state index contributed by atoms with van der Waals surface area (Å²) in [6.07, 6.45) is 0.641. The van der Waals surface area contributed by atoms with Crippen molar-refractivity contribution in [3.63, 3.8) is 0 Å². The third-order valence-corrected chi connectivity index (χ3v) is 7.59. The van der Waals surface area contributed by atoms with Gasteiger partial charge in [0, 0.05) is 16.9 Å². The first-order valence-corrected chi connectivity index (χ1v) is 12.5. The number of anilines is 2. The third-order valence-electron chi connectivity index (χ3n) is 5.92. The molecule has 0 fully saturated rings. The monoisotopic (exact) mass is 560 g/mol. The van der Waals surface area contributed by atoms with Crippen molar-refractivity contribution in [2.75, 3.05) is 5.32 Å².